The molecular weight excluding hydrogens is 190 g/mol. The van der Waals surface area contributed by atoms with Gasteiger partial charge in [0.1, 0.15) is 0 Å². The molecule has 1 saturated heterocycles. The summed E-state index contributed by atoms with van der Waals surface area (Å²) in [4.78, 5) is 2.41. The molecule has 1 fully saturated rings. The van der Waals surface area contributed by atoms with E-state index in [1.165, 1.54) is 6.42 Å². The molecule has 90 valence electrons. The molecule has 0 aromatic heterocycles. The summed E-state index contributed by atoms with van der Waals surface area (Å²) in [5.41, 5.74) is 5.59. The molecule has 4 heteroatoms. The van der Waals surface area contributed by atoms with Crippen LogP contribution in [0.15, 0.2) is 0 Å². The number of likely N-dealkylation sites (N-methyl/N-ethyl adjacent to an activating group) is 1. The Balaban J connectivity index is 2.40. The molecule has 2 unspecified atom stereocenters. The Labute approximate surface area is 92.8 Å². The molecule has 4 nitrogen and oxygen atoms in total. The van der Waals surface area contributed by atoms with Gasteiger partial charge >= 0.3 is 0 Å². The van der Waals surface area contributed by atoms with Gasteiger partial charge < -0.3 is 21.1 Å². The number of aliphatic hydroxyl groups excluding tert-OH is 1. The molecule has 0 aromatic carbocycles. The van der Waals surface area contributed by atoms with Crippen molar-refractivity contribution in [3.05, 3.63) is 0 Å². The fourth-order valence-electron chi connectivity index (χ4n) is 2.50. The van der Waals surface area contributed by atoms with Crippen molar-refractivity contribution in [3.8, 4) is 0 Å². The second kappa shape index (κ2) is 7.17. The largest absolute Gasteiger partial charge is 0.396 e. The number of nitrogens with two attached hydrogens (primary N) is 1. The van der Waals surface area contributed by atoms with Gasteiger partial charge in [-0.3, -0.25) is 0 Å². The third-order valence-electron chi connectivity index (χ3n) is 3.09. The molecule has 0 radical (unpaired) electrons. The van der Waals surface area contributed by atoms with Crippen LogP contribution in [-0.4, -0.2) is 55.4 Å². The van der Waals surface area contributed by atoms with E-state index in [-0.39, 0.29) is 0 Å². The van der Waals surface area contributed by atoms with Crippen LogP contribution in [0.4, 0.5) is 0 Å². The van der Waals surface area contributed by atoms with Gasteiger partial charge in [0.15, 0.2) is 0 Å². The number of nitrogens with one attached hydrogen (secondary N) is 1. The van der Waals surface area contributed by atoms with Gasteiger partial charge in [-0.15, -0.1) is 0 Å². The summed E-state index contributed by atoms with van der Waals surface area (Å²) in [5, 5.41) is 12.5. The maximum atomic E-state index is 8.99. The zero-order valence-corrected chi connectivity index (χ0v) is 9.78. The topological polar surface area (TPSA) is 61.5 Å². The van der Waals surface area contributed by atoms with Crippen LogP contribution in [0.5, 0.6) is 0 Å². The minimum Gasteiger partial charge on any atom is -0.396 e. The van der Waals surface area contributed by atoms with Crippen LogP contribution < -0.4 is 11.1 Å². The summed E-state index contributed by atoms with van der Waals surface area (Å²) >= 11 is 0. The summed E-state index contributed by atoms with van der Waals surface area (Å²) < 4.78 is 0. The van der Waals surface area contributed by atoms with Crippen molar-refractivity contribution < 1.29 is 5.11 Å². The van der Waals surface area contributed by atoms with Crippen LogP contribution >= 0.6 is 0 Å². The molecule has 1 aliphatic rings. The maximum Gasteiger partial charge on any atom is 0.0434 e. The van der Waals surface area contributed by atoms with Gasteiger partial charge in [-0.2, -0.15) is 0 Å². The van der Waals surface area contributed by atoms with E-state index in [2.05, 4.69) is 17.1 Å². The number of rotatable bonds is 6. The van der Waals surface area contributed by atoms with Gasteiger partial charge in [-0.05, 0) is 25.3 Å². The number of aliphatic hydroxyl groups is 1. The molecule has 4 N–H and O–H groups in total. The molecule has 1 heterocycles. The van der Waals surface area contributed by atoms with E-state index in [1.54, 1.807) is 0 Å². The molecule has 0 spiro atoms. The van der Waals surface area contributed by atoms with Gasteiger partial charge in [0, 0.05) is 38.8 Å². The number of piperidine rings is 1. The molecule has 0 saturated carbocycles. The van der Waals surface area contributed by atoms with Crippen molar-refractivity contribution in [2.45, 2.75) is 25.8 Å². The lowest BCUT2D eigenvalue weighted by atomic mass is 9.91. The standard InChI is InChI=1S/C11H25N3O/c1-2-13-11-7-10(3-6-15)8-14(9-11)5-4-12/h10-11,13,15H,2-9,12H2,1H3. The van der Waals surface area contributed by atoms with E-state index in [0.717, 1.165) is 39.1 Å². The fourth-order valence-corrected chi connectivity index (χ4v) is 2.50. The monoisotopic (exact) mass is 215 g/mol. The number of nitrogens with zero attached hydrogens (tertiary/aromatic N) is 1. The van der Waals surface area contributed by atoms with Gasteiger partial charge in [-0.25, -0.2) is 0 Å². The van der Waals surface area contributed by atoms with E-state index >= 15 is 0 Å². The predicted molar refractivity (Wildman–Crippen MR) is 62.8 cm³/mol. The Morgan fingerprint density at radius 3 is 2.87 bits per heavy atom. The molecule has 15 heavy (non-hydrogen) atoms. The van der Waals surface area contributed by atoms with E-state index in [1.807, 2.05) is 0 Å². The van der Waals surface area contributed by atoms with E-state index in [0.29, 0.717) is 18.6 Å². The Hall–Kier alpha value is -0.160. The molecule has 0 amide bonds. The first-order chi connectivity index (χ1) is 7.30. The molecule has 0 aromatic rings. The van der Waals surface area contributed by atoms with E-state index in [4.69, 9.17) is 10.8 Å². The number of hydrogen-bond acceptors (Lipinski definition) is 4. The van der Waals surface area contributed by atoms with Crippen molar-refractivity contribution >= 4 is 0 Å². The second-order valence-corrected chi connectivity index (χ2v) is 4.42. The fraction of sp³-hybridized carbons (Fsp3) is 1.00. The highest BCUT2D eigenvalue weighted by molar-refractivity contribution is 4.83. The molecular formula is C11H25N3O. The van der Waals surface area contributed by atoms with Gasteiger partial charge in [0.05, 0.1) is 0 Å². The highest BCUT2D eigenvalue weighted by atomic mass is 16.3. The highest BCUT2D eigenvalue weighted by Gasteiger charge is 2.25. The van der Waals surface area contributed by atoms with Crippen molar-refractivity contribution in [1.82, 2.24) is 10.2 Å². The minimum absolute atomic E-state index is 0.306. The van der Waals surface area contributed by atoms with Crippen molar-refractivity contribution in [3.63, 3.8) is 0 Å². The Morgan fingerprint density at radius 1 is 1.47 bits per heavy atom. The first-order valence-corrected chi connectivity index (χ1v) is 6.06. The lowest BCUT2D eigenvalue weighted by molar-refractivity contribution is 0.124. The summed E-state index contributed by atoms with van der Waals surface area (Å²) in [6, 6.07) is 0.576. The molecule has 1 aliphatic heterocycles. The normalized spacial score (nSPS) is 28.2. The first kappa shape index (κ1) is 12.9. The van der Waals surface area contributed by atoms with Crippen LogP contribution in [0, 0.1) is 5.92 Å². The highest BCUT2D eigenvalue weighted by Crippen LogP contribution is 2.19. The van der Waals surface area contributed by atoms with E-state index in [9.17, 15) is 0 Å². The molecule has 0 aliphatic carbocycles. The summed E-state index contributed by atoms with van der Waals surface area (Å²) in [7, 11) is 0. The second-order valence-electron chi connectivity index (χ2n) is 4.42. The van der Waals surface area contributed by atoms with Crippen LogP contribution in [0.3, 0.4) is 0 Å². The average Bonchev–Trinajstić information content (AvgIpc) is 2.19. The van der Waals surface area contributed by atoms with E-state index < -0.39 is 0 Å². The van der Waals surface area contributed by atoms with Gasteiger partial charge in [-0.1, -0.05) is 6.92 Å². The Kier molecular flexibility index (Phi) is 6.17. The quantitative estimate of drug-likeness (QED) is 0.566. The molecule has 1 rings (SSSR count). The van der Waals surface area contributed by atoms with Crippen LogP contribution in [0.2, 0.25) is 0 Å². The van der Waals surface area contributed by atoms with Gasteiger partial charge in [0.2, 0.25) is 0 Å². The van der Waals surface area contributed by atoms with Crippen LogP contribution in [0.25, 0.3) is 0 Å². The minimum atomic E-state index is 0.306. The van der Waals surface area contributed by atoms with Gasteiger partial charge in [0.25, 0.3) is 0 Å². The number of likely N-dealkylation sites (tertiary alicyclic amines) is 1. The first-order valence-electron chi connectivity index (χ1n) is 6.06. The summed E-state index contributed by atoms with van der Waals surface area (Å²) in [6.45, 7) is 7.37. The zero-order chi connectivity index (χ0) is 11.1. The molecule has 2 atom stereocenters. The Morgan fingerprint density at radius 2 is 2.27 bits per heavy atom. The van der Waals surface area contributed by atoms with Crippen LogP contribution in [0.1, 0.15) is 19.8 Å². The SMILES string of the molecule is CCNC1CC(CCO)CN(CCN)C1. The van der Waals surface area contributed by atoms with Crippen molar-refractivity contribution in [1.29, 1.82) is 0 Å². The Bertz CT molecular complexity index is 131. The lowest BCUT2D eigenvalue weighted by Crippen LogP contribution is -2.50. The summed E-state index contributed by atoms with van der Waals surface area (Å²) in [6.07, 6.45) is 2.11. The predicted octanol–water partition coefficient (Wildman–Crippen LogP) is -0.372. The third kappa shape index (κ3) is 4.47. The zero-order valence-electron chi connectivity index (χ0n) is 9.78. The smallest absolute Gasteiger partial charge is 0.0434 e. The maximum absolute atomic E-state index is 8.99. The van der Waals surface area contributed by atoms with Crippen molar-refractivity contribution in [2.75, 3.05) is 39.3 Å². The van der Waals surface area contributed by atoms with Crippen molar-refractivity contribution in [2.24, 2.45) is 11.7 Å². The molecule has 0 bridgehead atoms. The third-order valence-corrected chi connectivity index (χ3v) is 3.09. The lowest BCUT2D eigenvalue weighted by Gasteiger charge is -2.37. The average molecular weight is 215 g/mol. The summed E-state index contributed by atoms with van der Waals surface area (Å²) in [5.74, 6) is 0.624. The van der Waals surface area contributed by atoms with Crippen LogP contribution in [-0.2, 0) is 0 Å². The number of hydrogen-bond donors (Lipinski definition) is 3.